The van der Waals surface area contributed by atoms with Gasteiger partial charge in [0.15, 0.2) is 5.78 Å². The number of benzene rings is 1. The third-order valence-electron chi connectivity index (χ3n) is 1.75. The highest BCUT2D eigenvalue weighted by Crippen LogP contribution is 2.16. The minimum absolute atomic E-state index is 0.00815. The van der Waals surface area contributed by atoms with Crippen molar-refractivity contribution in [3.05, 3.63) is 29.6 Å². The molecule has 0 aliphatic heterocycles. The van der Waals surface area contributed by atoms with E-state index in [1.165, 1.54) is 32.4 Å². The maximum Gasteiger partial charge on any atom is 0.191 e. The summed E-state index contributed by atoms with van der Waals surface area (Å²) in [6, 6.07) is 4.01. The van der Waals surface area contributed by atoms with Gasteiger partial charge in [0.1, 0.15) is 18.2 Å². The molecule has 76 valence electrons. The second-order valence-corrected chi connectivity index (χ2v) is 2.70. The van der Waals surface area contributed by atoms with Crippen LogP contribution in [0.4, 0.5) is 4.39 Å². The lowest BCUT2D eigenvalue weighted by Crippen LogP contribution is -2.09. The van der Waals surface area contributed by atoms with Crippen molar-refractivity contribution in [3.63, 3.8) is 0 Å². The van der Waals surface area contributed by atoms with Crippen molar-refractivity contribution in [3.8, 4) is 5.75 Å². The molecule has 0 saturated carbocycles. The van der Waals surface area contributed by atoms with E-state index in [1.807, 2.05) is 0 Å². The molecule has 0 amide bonds. The molecule has 0 radical (unpaired) electrons. The number of rotatable bonds is 4. The fourth-order valence-corrected chi connectivity index (χ4v) is 1.05. The van der Waals surface area contributed by atoms with Gasteiger partial charge >= 0.3 is 0 Å². The molecule has 1 aromatic carbocycles. The highest BCUT2D eigenvalue weighted by atomic mass is 19.1. The Morgan fingerprint density at radius 2 is 2.14 bits per heavy atom. The zero-order valence-corrected chi connectivity index (χ0v) is 8.04. The van der Waals surface area contributed by atoms with Crippen LogP contribution in [-0.2, 0) is 4.74 Å². The molecule has 1 aromatic rings. The lowest BCUT2D eigenvalue weighted by Gasteiger charge is -2.04. The monoisotopic (exact) mass is 198 g/mol. The van der Waals surface area contributed by atoms with Gasteiger partial charge < -0.3 is 9.47 Å². The number of Topliss-reactive ketones (excluding diaryl/α,β-unsaturated/α-hetero) is 1. The maximum atomic E-state index is 13.1. The lowest BCUT2D eigenvalue weighted by atomic mass is 10.1. The summed E-state index contributed by atoms with van der Waals surface area (Å²) in [5.74, 6) is -0.511. The minimum atomic E-state index is -0.562. The maximum absolute atomic E-state index is 13.1. The smallest absolute Gasteiger partial charge is 0.191 e. The van der Waals surface area contributed by atoms with Crippen LogP contribution in [0.25, 0.3) is 0 Å². The number of carbonyl (C=O) groups excluding carboxylic acids is 1. The standard InChI is InChI=1S/C10H11FO3/c1-13-6-10(12)8-5-7(14-2)3-4-9(8)11/h3-5H,6H2,1-2H3. The topological polar surface area (TPSA) is 35.5 Å². The summed E-state index contributed by atoms with van der Waals surface area (Å²) in [6.45, 7) is -0.135. The normalized spacial score (nSPS) is 9.93. The molecule has 0 aromatic heterocycles. The number of hydrogen-bond acceptors (Lipinski definition) is 3. The third kappa shape index (κ3) is 2.29. The van der Waals surface area contributed by atoms with Gasteiger partial charge in [0.05, 0.1) is 12.7 Å². The van der Waals surface area contributed by atoms with Gasteiger partial charge in [0.2, 0.25) is 0 Å². The highest BCUT2D eigenvalue weighted by Gasteiger charge is 2.12. The average Bonchev–Trinajstić information content (AvgIpc) is 2.19. The van der Waals surface area contributed by atoms with E-state index < -0.39 is 11.6 Å². The van der Waals surface area contributed by atoms with Crippen molar-refractivity contribution in [2.75, 3.05) is 20.8 Å². The first-order chi connectivity index (χ1) is 6.69. The predicted molar refractivity (Wildman–Crippen MR) is 49.2 cm³/mol. The summed E-state index contributed by atoms with van der Waals surface area (Å²) in [6.07, 6.45) is 0. The number of halogens is 1. The summed E-state index contributed by atoms with van der Waals surface area (Å²) in [4.78, 5) is 11.3. The van der Waals surface area contributed by atoms with Crippen LogP contribution in [0.3, 0.4) is 0 Å². The van der Waals surface area contributed by atoms with E-state index >= 15 is 0 Å². The van der Waals surface area contributed by atoms with E-state index in [4.69, 9.17) is 4.74 Å². The molecule has 0 spiro atoms. The number of carbonyl (C=O) groups is 1. The Hall–Kier alpha value is -1.42. The van der Waals surface area contributed by atoms with E-state index in [2.05, 4.69) is 4.74 Å². The molecule has 0 heterocycles. The van der Waals surface area contributed by atoms with Gasteiger partial charge in [-0.3, -0.25) is 4.79 Å². The van der Waals surface area contributed by atoms with E-state index in [0.29, 0.717) is 5.75 Å². The van der Waals surface area contributed by atoms with Gasteiger partial charge in [0.25, 0.3) is 0 Å². The van der Waals surface area contributed by atoms with Crippen LogP contribution in [0.1, 0.15) is 10.4 Å². The first kappa shape index (κ1) is 10.7. The highest BCUT2D eigenvalue weighted by molar-refractivity contribution is 5.97. The summed E-state index contributed by atoms with van der Waals surface area (Å²) >= 11 is 0. The molecule has 1 rings (SSSR count). The molecule has 14 heavy (non-hydrogen) atoms. The Morgan fingerprint density at radius 1 is 1.43 bits per heavy atom. The Bertz CT molecular complexity index is 336. The molecule has 0 unspecified atom stereocenters. The van der Waals surface area contributed by atoms with Crippen molar-refractivity contribution in [1.29, 1.82) is 0 Å². The van der Waals surface area contributed by atoms with Gasteiger partial charge in [-0.2, -0.15) is 0 Å². The van der Waals surface area contributed by atoms with Crippen LogP contribution < -0.4 is 4.74 Å². The Balaban J connectivity index is 2.99. The van der Waals surface area contributed by atoms with Gasteiger partial charge in [-0.1, -0.05) is 0 Å². The third-order valence-corrected chi connectivity index (χ3v) is 1.75. The zero-order chi connectivity index (χ0) is 10.6. The van der Waals surface area contributed by atoms with Gasteiger partial charge in [-0.25, -0.2) is 4.39 Å². The van der Waals surface area contributed by atoms with E-state index in [1.54, 1.807) is 0 Å². The molecule has 0 saturated heterocycles. The molecule has 0 aliphatic rings. The van der Waals surface area contributed by atoms with Crippen LogP contribution in [0.5, 0.6) is 5.75 Å². The van der Waals surface area contributed by atoms with Crippen LogP contribution >= 0.6 is 0 Å². The largest absolute Gasteiger partial charge is 0.497 e. The second-order valence-electron chi connectivity index (χ2n) is 2.70. The molecule has 0 bridgehead atoms. The summed E-state index contributed by atoms with van der Waals surface area (Å²) in [5, 5.41) is 0. The Labute approximate surface area is 81.4 Å². The van der Waals surface area contributed by atoms with Gasteiger partial charge in [-0.05, 0) is 18.2 Å². The molecule has 3 nitrogen and oxygen atoms in total. The van der Waals surface area contributed by atoms with E-state index in [0.717, 1.165) is 0 Å². The van der Waals surface area contributed by atoms with Crippen molar-refractivity contribution in [1.82, 2.24) is 0 Å². The van der Waals surface area contributed by atoms with Crippen molar-refractivity contribution >= 4 is 5.78 Å². The summed E-state index contributed by atoms with van der Waals surface area (Å²) in [7, 11) is 2.84. The zero-order valence-electron chi connectivity index (χ0n) is 8.04. The number of methoxy groups -OCH3 is 2. The van der Waals surface area contributed by atoms with Crippen LogP contribution in [0.15, 0.2) is 18.2 Å². The Morgan fingerprint density at radius 3 is 2.71 bits per heavy atom. The van der Waals surface area contributed by atoms with Gasteiger partial charge in [0, 0.05) is 7.11 Å². The first-order valence-corrected chi connectivity index (χ1v) is 4.04. The fraction of sp³-hybridized carbons (Fsp3) is 0.300. The summed E-state index contributed by atoms with van der Waals surface area (Å²) in [5.41, 5.74) is -0.00815. The SMILES string of the molecule is COCC(=O)c1cc(OC)ccc1F. The van der Waals surface area contributed by atoms with Crippen LogP contribution in [-0.4, -0.2) is 26.6 Å². The molecule has 0 N–H and O–H groups in total. The van der Waals surface area contributed by atoms with E-state index in [-0.39, 0.29) is 12.2 Å². The quantitative estimate of drug-likeness (QED) is 0.690. The lowest BCUT2D eigenvalue weighted by molar-refractivity contribution is 0.0843. The number of hydrogen-bond donors (Lipinski definition) is 0. The van der Waals surface area contributed by atoms with E-state index in [9.17, 15) is 9.18 Å². The predicted octanol–water partition coefficient (Wildman–Crippen LogP) is 1.66. The minimum Gasteiger partial charge on any atom is -0.497 e. The van der Waals surface area contributed by atoms with Crippen LogP contribution in [0.2, 0.25) is 0 Å². The molecule has 0 fully saturated rings. The van der Waals surface area contributed by atoms with Crippen molar-refractivity contribution in [2.45, 2.75) is 0 Å². The van der Waals surface area contributed by atoms with Gasteiger partial charge in [-0.15, -0.1) is 0 Å². The summed E-state index contributed by atoms with van der Waals surface area (Å²) < 4.78 is 22.7. The van der Waals surface area contributed by atoms with Crippen LogP contribution in [0, 0.1) is 5.82 Å². The molecule has 0 aliphatic carbocycles. The van der Waals surface area contributed by atoms with Crippen molar-refractivity contribution < 1.29 is 18.7 Å². The molecule has 0 atom stereocenters. The number of ketones is 1. The molecule has 4 heteroatoms. The van der Waals surface area contributed by atoms with Crippen molar-refractivity contribution in [2.24, 2.45) is 0 Å². The fourth-order valence-electron chi connectivity index (χ4n) is 1.05. The Kier molecular flexibility index (Phi) is 3.59. The average molecular weight is 198 g/mol. The first-order valence-electron chi connectivity index (χ1n) is 4.04. The second kappa shape index (κ2) is 4.72. The number of ether oxygens (including phenoxy) is 2. The molecular formula is C10H11FO3. The molecular weight excluding hydrogens is 187 g/mol.